The van der Waals surface area contributed by atoms with E-state index in [1.54, 1.807) is 0 Å². The summed E-state index contributed by atoms with van der Waals surface area (Å²) in [5, 5.41) is 1.42. The standard InChI is InChI=1S/C19H18Cl2N4/c1-13-5-6-18(12-19(13)21)25-23-16-9-7-15(8-10-16)22-24-17-4-2-3-14(20)11-17/h2-12,22-25H,1H3. The summed E-state index contributed by atoms with van der Waals surface area (Å²) in [7, 11) is 0. The molecule has 25 heavy (non-hydrogen) atoms. The molecule has 3 aromatic carbocycles. The van der Waals surface area contributed by atoms with Crippen molar-refractivity contribution in [3.63, 3.8) is 0 Å². The maximum Gasteiger partial charge on any atom is 0.0554 e. The fraction of sp³-hybridized carbons (Fsp3) is 0.0526. The normalized spacial score (nSPS) is 10.2. The molecule has 0 fully saturated rings. The van der Waals surface area contributed by atoms with Crippen LogP contribution in [0.15, 0.2) is 66.7 Å². The summed E-state index contributed by atoms with van der Waals surface area (Å²) in [5.74, 6) is 0. The Hall–Kier alpha value is -2.56. The maximum absolute atomic E-state index is 6.12. The lowest BCUT2D eigenvalue weighted by Gasteiger charge is -2.13. The molecule has 6 heteroatoms. The first-order chi connectivity index (χ1) is 12.1. The Morgan fingerprint density at radius 2 is 1.12 bits per heavy atom. The van der Waals surface area contributed by atoms with E-state index in [2.05, 4.69) is 21.7 Å². The van der Waals surface area contributed by atoms with Gasteiger partial charge in [-0.15, -0.1) is 0 Å². The molecule has 0 aliphatic rings. The average molecular weight is 373 g/mol. The van der Waals surface area contributed by atoms with Gasteiger partial charge in [-0.25, -0.2) is 0 Å². The van der Waals surface area contributed by atoms with Gasteiger partial charge < -0.3 is 21.7 Å². The first-order valence-electron chi connectivity index (χ1n) is 7.76. The predicted octanol–water partition coefficient (Wildman–Crippen LogP) is 6.18. The van der Waals surface area contributed by atoms with Gasteiger partial charge in [-0.1, -0.05) is 35.3 Å². The van der Waals surface area contributed by atoms with Gasteiger partial charge in [0.25, 0.3) is 0 Å². The Labute approximate surface area is 157 Å². The van der Waals surface area contributed by atoms with Crippen LogP contribution in [0.3, 0.4) is 0 Å². The van der Waals surface area contributed by atoms with Gasteiger partial charge in [0.2, 0.25) is 0 Å². The van der Waals surface area contributed by atoms with Crippen LogP contribution in [-0.4, -0.2) is 0 Å². The predicted molar refractivity (Wildman–Crippen MR) is 109 cm³/mol. The van der Waals surface area contributed by atoms with Crippen molar-refractivity contribution in [2.24, 2.45) is 0 Å². The lowest BCUT2D eigenvalue weighted by molar-refractivity contribution is 1.38. The number of hydrogen-bond acceptors (Lipinski definition) is 4. The van der Waals surface area contributed by atoms with Crippen LogP contribution in [0.5, 0.6) is 0 Å². The van der Waals surface area contributed by atoms with Crippen molar-refractivity contribution < 1.29 is 0 Å². The molecule has 0 saturated heterocycles. The average Bonchev–Trinajstić information content (AvgIpc) is 2.62. The van der Waals surface area contributed by atoms with Crippen molar-refractivity contribution in [3.05, 3.63) is 82.3 Å². The summed E-state index contributed by atoms with van der Waals surface area (Å²) in [6.45, 7) is 1.97. The Morgan fingerprint density at radius 3 is 1.68 bits per heavy atom. The zero-order chi connectivity index (χ0) is 17.6. The second-order valence-electron chi connectivity index (χ2n) is 5.55. The minimum atomic E-state index is 0.689. The summed E-state index contributed by atoms with van der Waals surface area (Å²) >= 11 is 12.1. The van der Waals surface area contributed by atoms with Crippen LogP contribution in [-0.2, 0) is 0 Å². The van der Waals surface area contributed by atoms with Crippen molar-refractivity contribution in [1.29, 1.82) is 0 Å². The maximum atomic E-state index is 6.12. The van der Waals surface area contributed by atoms with Crippen LogP contribution in [0.1, 0.15) is 5.56 Å². The first kappa shape index (κ1) is 17.3. The highest BCUT2D eigenvalue weighted by Crippen LogP contribution is 2.21. The van der Waals surface area contributed by atoms with Crippen LogP contribution in [0.4, 0.5) is 22.7 Å². The van der Waals surface area contributed by atoms with E-state index in [0.717, 1.165) is 33.3 Å². The van der Waals surface area contributed by atoms with E-state index in [1.165, 1.54) is 0 Å². The van der Waals surface area contributed by atoms with E-state index >= 15 is 0 Å². The molecular formula is C19H18Cl2N4. The first-order valence-corrected chi connectivity index (χ1v) is 8.51. The van der Waals surface area contributed by atoms with Crippen molar-refractivity contribution in [2.45, 2.75) is 6.92 Å². The van der Waals surface area contributed by atoms with Crippen molar-refractivity contribution in [1.82, 2.24) is 0 Å². The molecule has 4 N–H and O–H groups in total. The third kappa shape index (κ3) is 4.95. The van der Waals surface area contributed by atoms with Gasteiger partial charge in [0.15, 0.2) is 0 Å². The molecule has 0 aliphatic carbocycles. The smallest absolute Gasteiger partial charge is 0.0554 e. The molecule has 0 bridgehead atoms. The quantitative estimate of drug-likeness (QED) is 0.390. The van der Waals surface area contributed by atoms with Crippen LogP contribution >= 0.6 is 23.2 Å². The number of anilines is 4. The molecule has 0 amide bonds. The van der Waals surface area contributed by atoms with Crippen molar-refractivity contribution in [2.75, 3.05) is 21.7 Å². The van der Waals surface area contributed by atoms with E-state index in [4.69, 9.17) is 23.2 Å². The third-order valence-corrected chi connectivity index (χ3v) is 4.23. The van der Waals surface area contributed by atoms with E-state index in [9.17, 15) is 0 Å². The Kier molecular flexibility index (Phi) is 5.53. The Balaban J connectivity index is 1.54. The second kappa shape index (κ2) is 8.01. The zero-order valence-corrected chi connectivity index (χ0v) is 15.1. The van der Waals surface area contributed by atoms with Gasteiger partial charge >= 0.3 is 0 Å². The minimum Gasteiger partial charge on any atom is -0.301 e. The van der Waals surface area contributed by atoms with Gasteiger partial charge in [-0.2, -0.15) is 0 Å². The minimum absolute atomic E-state index is 0.689. The summed E-state index contributed by atoms with van der Waals surface area (Å²) in [5.41, 5.74) is 17.2. The van der Waals surface area contributed by atoms with Gasteiger partial charge in [0.1, 0.15) is 0 Å². The highest BCUT2D eigenvalue weighted by molar-refractivity contribution is 6.31. The Morgan fingerprint density at radius 1 is 0.600 bits per heavy atom. The Bertz CT molecular complexity index is 850. The van der Waals surface area contributed by atoms with E-state index in [0.29, 0.717) is 5.02 Å². The van der Waals surface area contributed by atoms with E-state index in [1.807, 2.05) is 73.7 Å². The molecule has 0 radical (unpaired) electrons. The lowest BCUT2D eigenvalue weighted by atomic mass is 10.2. The van der Waals surface area contributed by atoms with Gasteiger partial charge in [-0.05, 0) is 67.1 Å². The number of hydrazine groups is 2. The third-order valence-electron chi connectivity index (χ3n) is 3.58. The summed E-state index contributed by atoms with van der Waals surface area (Å²) < 4.78 is 0. The molecule has 0 aromatic heterocycles. The number of nitrogens with one attached hydrogen (secondary N) is 4. The molecule has 3 aromatic rings. The van der Waals surface area contributed by atoms with Crippen molar-refractivity contribution in [3.8, 4) is 0 Å². The molecule has 3 rings (SSSR count). The summed E-state index contributed by atoms with van der Waals surface area (Å²) in [6.07, 6.45) is 0. The number of hydrogen-bond donors (Lipinski definition) is 4. The summed E-state index contributed by atoms with van der Waals surface area (Å²) in [6, 6.07) is 21.2. The topological polar surface area (TPSA) is 48.1 Å². The van der Waals surface area contributed by atoms with E-state index < -0.39 is 0 Å². The molecule has 4 nitrogen and oxygen atoms in total. The fourth-order valence-corrected chi connectivity index (χ4v) is 2.53. The van der Waals surface area contributed by atoms with Crippen LogP contribution in [0, 0.1) is 6.92 Å². The van der Waals surface area contributed by atoms with Gasteiger partial charge in [-0.3, -0.25) is 0 Å². The molecule has 128 valence electrons. The summed E-state index contributed by atoms with van der Waals surface area (Å²) in [4.78, 5) is 0. The molecule has 0 atom stereocenters. The van der Waals surface area contributed by atoms with Crippen LogP contribution in [0.25, 0.3) is 0 Å². The molecule has 0 aliphatic heterocycles. The van der Waals surface area contributed by atoms with Crippen molar-refractivity contribution >= 4 is 46.0 Å². The molecule has 0 spiro atoms. The molecule has 0 heterocycles. The molecular weight excluding hydrogens is 355 g/mol. The van der Waals surface area contributed by atoms with E-state index in [-0.39, 0.29) is 0 Å². The number of aryl methyl sites for hydroxylation is 1. The fourth-order valence-electron chi connectivity index (χ4n) is 2.16. The lowest BCUT2D eigenvalue weighted by Crippen LogP contribution is -2.10. The number of benzene rings is 3. The molecule has 0 saturated carbocycles. The van der Waals surface area contributed by atoms with Gasteiger partial charge in [0, 0.05) is 10.0 Å². The van der Waals surface area contributed by atoms with Crippen LogP contribution < -0.4 is 21.7 Å². The highest BCUT2D eigenvalue weighted by atomic mass is 35.5. The van der Waals surface area contributed by atoms with Crippen LogP contribution in [0.2, 0.25) is 10.0 Å². The largest absolute Gasteiger partial charge is 0.301 e. The number of rotatable bonds is 6. The highest BCUT2D eigenvalue weighted by Gasteiger charge is 1.99. The monoisotopic (exact) mass is 372 g/mol. The van der Waals surface area contributed by atoms with Gasteiger partial charge in [0.05, 0.1) is 22.7 Å². The zero-order valence-electron chi connectivity index (χ0n) is 13.6. The number of halogens is 2. The second-order valence-corrected chi connectivity index (χ2v) is 6.40. The SMILES string of the molecule is Cc1ccc(NNc2ccc(NNc3cccc(Cl)c3)cc2)cc1Cl. The molecule has 0 unspecified atom stereocenters.